The lowest BCUT2D eigenvalue weighted by Crippen LogP contribution is -2.41. The molecule has 1 atom stereocenters. The molecule has 8 heteroatoms. The first kappa shape index (κ1) is 20.5. The summed E-state index contributed by atoms with van der Waals surface area (Å²) in [5, 5.41) is 3.27. The second-order valence-electron chi connectivity index (χ2n) is 7.70. The Labute approximate surface area is 170 Å². The summed E-state index contributed by atoms with van der Waals surface area (Å²) < 4.78 is 31.3. The highest BCUT2D eigenvalue weighted by atomic mass is 35.5. The molecule has 0 fully saturated rings. The molecule has 0 aromatic heterocycles. The minimum atomic E-state index is -3.46. The van der Waals surface area contributed by atoms with Crippen molar-refractivity contribution in [2.75, 3.05) is 11.0 Å². The minimum Gasteiger partial charge on any atom is -0.487 e. The van der Waals surface area contributed by atoms with Crippen molar-refractivity contribution in [3.63, 3.8) is 0 Å². The van der Waals surface area contributed by atoms with E-state index in [1.54, 1.807) is 0 Å². The number of halogens is 1. The summed E-state index contributed by atoms with van der Waals surface area (Å²) in [5.74, 6) is 0.364. The number of amides is 1. The first-order valence-electron chi connectivity index (χ1n) is 8.81. The number of nitrogens with one attached hydrogen (secondary N) is 2. The summed E-state index contributed by atoms with van der Waals surface area (Å²) in [4.78, 5) is 12.9. The SMILES string of the molecule is Cc1ccc2c(c1)[C@H](NC(=O)c1cc(NS(C)(=O)=O)ccc1Cl)CC(C)(C)O2. The van der Waals surface area contributed by atoms with E-state index >= 15 is 0 Å². The number of benzene rings is 2. The quantitative estimate of drug-likeness (QED) is 0.778. The largest absolute Gasteiger partial charge is 0.487 e. The molecule has 0 unspecified atom stereocenters. The second kappa shape index (κ2) is 7.29. The van der Waals surface area contributed by atoms with Gasteiger partial charge in [-0.05, 0) is 45.0 Å². The van der Waals surface area contributed by atoms with Crippen molar-refractivity contribution in [3.05, 3.63) is 58.1 Å². The van der Waals surface area contributed by atoms with E-state index in [-0.39, 0.29) is 28.2 Å². The number of carbonyl (C=O) groups excluding carboxylic acids is 1. The average Bonchev–Trinajstić information content (AvgIpc) is 2.55. The minimum absolute atomic E-state index is 0.203. The van der Waals surface area contributed by atoms with Crippen LogP contribution >= 0.6 is 11.6 Å². The molecule has 28 heavy (non-hydrogen) atoms. The van der Waals surface area contributed by atoms with E-state index in [0.717, 1.165) is 23.1 Å². The summed E-state index contributed by atoms with van der Waals surface area (Å²) in [6, 6.07) is 10.1. The van der Waals surface area contributed by atoms with Crippen LogP contribution in [0, 0.1) is 6.92 Å². The van der Waals surface area contributed by atoms with Crippen LogP contribution in [-0.4, -0.2) is 26.2 Å². The number of hydrogen-bond donors (Lipinski definition) is 2. The van der Waals surface area contributed by atoms with Crippen molar-refractivity contribution < 1.29 is 17.9 Å². The van der Waals surface area contributed by atoms with E-state index in [1.807, 2.05) is 39.0 Å². The monoisotopic (exact) mass is 422 g/mol. The number of fused-ring (bicyclic) bond motifs is 1. The second-order valence-corrected chi connectivity index (χ2v) is 9.86. The van der Waals surface area contributed by atoms with Crippen molar-refractivity contribution in [3.8, 4) is 5.75 Å². The first-order chi connectivity index (χ1) is 12.9. The van der Waals surface area contributed by atoms with Gasteiger partial charge in [0, 0.05) is 17.7 Å². The number of anilines is 1. The third-order valence-electron chi connectivity index (χ3n) is 4.44. The Balaban J connectivity index is 1.91. The average molecular weight is 423 g/mol. The van der Waals surface area contributed by atoms with E-state index in [9.17, 15) is 13.2 Å². The van der Waals surface area contributed by atoms with Gasteiger partial charge >= 0.3 is 0 Å². The Kier molecular flexibility index (Phi) is 5.34. The molecule has 0 saturated heterocycles. The molecule has 1 heterocycles. The molecule has 1 aliphatic heterocycles. The van der Waals surface area contributed by atoms with Crippen LogP contribution in [-0.2, 0) is 10.0 Å². The van der Waals surface area contributed by atoms with E-state index in [2.05, 4.69) is 10.0 Å². The number of rotatable bonds is 4. The molecule has 0 bridgehead atoms. The third-order valence-corrected chi connectivity index (χ3v) is 5.38. The van der Waals surface area contributed by atoms with Gasteiger partial charge in [-0.15, -0.1) is 0 Å². The summed E-state index contributed by atoms with van der Waals surface area (Å²) in [7, 11) is -3.46. The van der Waals surface area contributed by atoms with E-state index in [4.69, 9.17) is 16.3 Å². The summed E-state index contributed by atoms with van der Waals surface area (Å²) in [6.07, 6.45) is 1.64. The number of carbonyl (C=O) groups is 1. The highest BCUT2D eigenvalue weighted by Gasteiger charge is 2.35. The van der Waals surface area contributed by atoms with Gasteiger partial charge in [0.25, 0.3) is 5.91 Å². The number of sulfonamides is 1. The van der Waals surface area contributed by atoms with Gasteiger partial charge in [0.05, 0.1) is 22.9 Å². The normalized spacial score (nSPS) is 18.0. The van der Waals surface area contributed by atoms with E-state index in [1.165, 1.54) is 18.2 Å². The highest BCUT2D eigenvalue weighted by Crippen LogP contribution is 2.40. The molecule has 0 saturated carbocycles. The van der Waals surface area contributed by atoms with Crippen LogP contribution in [0.15, 0.2) is 36.4 Å². The Morgan fingerprint density at radius 2 is 1.93 bits per heavy atom. The van der Waals surface area contributed by atoms with Crippen LogP contribution in [0.2, 0.25) is 5.02 Å². The van der Waals surface area contributed by atoms with Crippen LogP contribution in [0.25, 0.3) is 0 Å². The zero-order valence-corrected chi connectivity index (χ0v) is 17.7. The molecule has 2 aromatic carbocycles. The molecular formula is C20H23ClN2O4S. The maximum Gasteiger partial charge on any atom is 0.253 e. The van der Waals surface area contributed by atoms with Crippen molar-refractivity contribution >= 4 is 33.2 Å². The maximum atomic E-state index is 12.9. The number of aryl methyl sites for hydroxylation is 1. The fourth-order valence-corrected chi connectivity index (χ4v) is 4.07. The maximum absolute atomic E-state index is 12.9. The smallest absolute Gasteiger partial charge is 0.253 e. The summed E-state index contributed by atoms with van der Waals surface area (Å²) in [5.41, 5.74) is 2.02. The molecule has 1 amide bonds. The summed E-state index contributed by atoms with van der Waals surface area (Å²) in [6.45, 7) is 5.92. The topological polar surface area (TPSA) is 84.5 Å². The van der Waals surface area contributed by atoms with Gasteiger partial charge in [0.1, 0.15) is 11.4 Å². The lowest BCUT2D eigenvalue weighted by Gasteiger charge is -2.38. The van der Waals surface area contributed by atoms with Crippen molar-refractivity contribution in [1.82, 2.24) is 5.32 Å². The van der Waals surface area contributed by atoms with Gasteiger partial charge in [0.15, 0.2) is 0 Å². The predicted molar refractivity (Wildman–Crippen MR) is 111 cm³/mol. The highest BCUT2D eigenvalue weighted by molar-refractivity contribution is 7.92. The van der Waals surface area contributed by atoms with Gasteiger partial charge in [-0.25, -0.2) is 8.42 Å². The van der Waals surface area contributed by atoms with Crippen molar-refractivity contribution in [2.45, 2.75) is 38.8 Å². The van der Waals surface area contributed by atoms with Crippen LogP contribution < -0.4 is 14.8 Å². The molecule has 2 N–H and O–H groups in total. The van der Waals surface area contributed by atoms with E-state index < -0.39 is 15.6 Å². The number of hydrogen-bond acceptors (Lipinski definition) is 4. The molecule has 3 rings (SSSR count). The lowest BCUT2D eigenvalue weighted by atomic mass is 9.88. The van der Waals surface area contributed by atoms with E-state index in [0.29, 0.717) is 6.42 Å². The predicted octanol–water partition coefficient (Wildman–Crippen LogP) is 4.05. The summed E-state index contributed by atoms with van der Waals surface area (Å²) >= 11 is 6.20. The molecular weight excluding hydrogens is 400 g/mol. The molecule has 150 valence electrons. The zero-order valence-electron chi connectivity index (χ0n) is 16.2. The van der Waals surface area contributed by atoms with Crippen molar-refractivity contribution in [1.29, 1.82) is 0 Å². The Hall–Kier alpha value is -2.25. The fraction of sp³-hybridized carbons (Fsp3) is 0.350. The number of ether oxygens (including phenoxy) is 1. The standard InChI is InChI=1S/C20H23ClN2O4S/c1-12-5-8-18-15(9-12)17(11-20(2,3)27-18)22-19(24)14-10-13(6-7-16(14)21)23-28(4,25)26/h5-10,17,23H,11H2,1-4H3,(H,22,24)/t17-/m1/s1. The van der Waals surface area contributed by atoms with Gasteiger partial charge in [-0.2, -0.15) is 0 Å². The van der Waals surface area contributed by atoms with Crippen LogP contribution in [0.1, 0.15) is 47.8 Å². The van der Waals surface area contributed by atoms with Crippen LogP contribution in [0.5, 0.6) is 5.75 Å². The van der Waals surface area contributed by atoms with Crippen molar-refractivity contribution in [2.24, 2.45) is 0 Å². The lowest BCUT2D eigenvalue weighted by molar-refractivity contribution is 0.0619. The van der Waals surface area contributed by atoms with Gasteiger partial charge in [-0.1, -0.05) is 29.3 Å². The molecule has 6 nitrogen and oxygen atoms in total. The van der Waals surface area contributed by atoms with Crippen LogP contribution in [0.4, 0.5) is 5.69 Å². The van der Waals surface area contributed by atoms with Gasteiger partial charge in [-0.3, -0.25) is 9.52 Å². The molecule has 0 radical (unpaired) electrons. The molecule has 0 spiro atoms. The first-order valence-corrected chi connectivity index (χ1v) is 11.1. The third kappa shape index (κ3) is 4.77. The fourth-order valence-electron chi connectivity index (χ4n) is 3.32. The molecule has 0 aliphatic carbocycles. The zero-order chi connectivity index (χ0) is 20.7. The molecule has 2 aromatic rings. The van der Waals surface area contributed by atoms with Gasteiger partial charge < -0.3 is 10.1 Å². The molecule has 1 aliphatic rings. The Morgan fingerprint density at radius 1 is 1.21 bits per heavy atom. The Bertz CT molecular complexity index is 1030. The Morgan fingerprint density at radius 3 is 2.61 bits per heavy atom. The van der Waals surface area contributed by atoms with Gasteiger partial charge in [0.2, 0.25) is 10.0 Å². The van der Waals surface area contributed by atoms with Crippen LogP contribution in [0.3, 0.4) is 0 Å².